The number of carbonyl (C=O) groups excluding carboxylic acids is 1. The number of benzene rings is 2. The van der Waals surface area contributed by atoms with Crippen molar-refractivity contribution in [1.29, 1.82) is 0 Å². The molecule has 1 aliphatic heterocycles. The molecule has 11 nitrogen and oxygen atoms in total. The van der Waals surface area contributed by atoms with Crippen LogP contribution in [0.3, 0.4) is 0 Å². The van der Waals surface area contributed by atoms with Crippen molar-refractivity contribution in [3.8, 4) is 17.0 Å². The van der Waals surface area contributed by atoms with Crippen LogP contribution < -0.4 is 15.8 Å². The Labute approximate surface area is 223 Å². The summed E-state index contributed by atoms with van der Waals surface area (Å²) in [5.41, 5.74) is 9.50. The summed E-state index contributed by atoms with van der Waals surface area (Å²) in [6, 6.07) is 12.3. The number of piperidine rings is 1. The van der Waals surface area contributed by atoms with Crippen molar-refractivity contribution in [3.05, 3.63) is 64.9 Å². The van der Waals surface area contributed by atoms with Gasteiger partial charge in [0.15, 0.2) is 5.65 Å². The molecule has 1 fully saturated rings. The summed E-state index contributed by atoms with van der Waals surface area (Å²) in [4.78, 5) is 34.2. The minimum absolute atomic E-state index is 0.162. The fourth-order valence-electron chi connectivity index (χ4n) is 4.69. The van der Waals surface area contributed by atoms with Crippen LogP contribution in [0.2, 0.25) is 5.02 Å². The first-order valence-electron chi connectivity index (χ1n) is 12.0. The number of nitrogens with zero attached hydrogens (tertiary/aromatic N) is 5. The number of carbonyl (C=O) groups is 2. The number of hydrogen-bond donors (Lipinski definition) is 3. The lowest BCUT2D eigenvalue weighted by atomic mass is 10.1. The molecule has 2 aromatic carbocycles. The monoisotopic (exact) mass is 535 g/mol. The number of nitrogens with two attached hydrogens (primary N) is 1. The fraction of sp³-hybridized carbons (Fsp3) is 0.269. The van der Waals surface area contributed by atoms with E-state index in [1.807, 2.05) is 24.3 Å². The molecule has 4 N–H and O–H groups in total. The molecule has 0 radical (unpaired) electrons. The van der Waals surface area contributed by atoms with E-state index in [1.54, 1.807) is 22.9 Å². The van der Waals surface area contributed by atoms with Gasteiger partial charge in [0.1, 0.15) is 23.6 Å². The molecule has 4 aromatic rings. The van der Waals surface area contributed by atoms with Gasteiger partial charge in [0.2, 0.25) is 0 Å². The maximum absolute atomic E-state index is 12.7. The molecule has 2 aromatic heterocycles. The van der Waals surface area contributed by atoms with E-state index in [1.165, 1.54) is 18.3 Å². The summed E-state index contributed by atoms with van der Waals surface area (Å²) in [6.07, 6.45) is 1.95. The van der Waals surface area contributed by atoms with E-state index in [4.69, 9.17) is 27.2 Å². The number of aromatic nitrogens is 4. The van der Waals surface area contributed by atoms with Gasteiger partial charge in [-0.25, -0.2) is 19.4 Å². The van der Waals surface area contributed by atoms with Crippen LogP contribution >= 0.6 is 11.6 Å². The Bertz CT molecular complexity index is 1510. The van der Waals surface area contributed by atoms with Gasteiger partial charge in [0.05, 0.1) is 24.1 Å². The topological polar surface area (TPSA) is 148 Å². The Balaban J connectivity index is 1.38. The van der Waals surface area contributed by atoms with E-state index >= 15 is 0 Å². The lowest BCUT2D eigenvalue weighted by Gasteiger charge is -2.30. The molecular weight excluding hydrogens is 510 g/mol. The Hall–Kier alpha value is -4.38. The Morgan fingerprint density at radius 3 is 2.74 bits per heavy atom. The van der Waals surface area contributed by atoms with Gasteiger partial charge in [-0.3, -0.25) is 4.79 Å². The molecule has 196 valence electrons. The van der Waals surface area contributed by atoms with Gasteiger partial charge in [-0.2, -0.15) is 5.10 Å². The average Bonchev–Trinajstić information content (AvgIpc) is 3.33. The number of halogens is 1. The van der Waals surface area contributed by atoms with Crippen molar-refractivity contribution < 1.29 is 19.4 Å². The fourth-order valence-corrected chi connectivity index (χ4v) is 4.85. The normalized spacial score (nSPS) is 15.4. The third kappa shape index (κ3) is 4.92. The Morgan fingerprint density at radius 1 is 1.21 bits per heavy atom. The predicted octanol–water partition coefficient (Wildman–Crippen LogP) is 3.98. The second kappa shape index (κ2) is 10.5. The summed E-state index contributed by atoms with van der Waals surface area (Å²) in [6.45, 7) is 1.13. The number of anilines is 1. The van der Waals surface area contributed by atoms with Gasteiger partial charge >= 0.3 is 6.09 Å². The zero-order valence-electron chi connectivity index (χ0n) is 20.6. The van der Waals surface area contributed by atoms with Crippen molar-refractivity contribution in [3.63, 3.8) is 0 Å². The molecule has 1 atom stereocenters. The minimum atomic E-state index is -0.947. The lowest BCUT2D eigenvalue weighted by molar-refractivity contribution is 0.0947. The number of rotatable bonds is 6. The van der Waals surface area contributed by atoms with E-state index in [-0.39, 0.29) is 11.9 Å². The van der Waals surface area contributed by atoms with Gasteiger partial charge in [-0.05, 0) is 36.6 Å². The van der Waals surface area contributed by atoms with Gasteiger partial charge in [0.25, 0.3) is 5.91 Å². The number of fused-ring (bicyclic) bond motifs is 1. The number of ether oxygens (including phenoxy) is 1. The second-order valence-electron chi connectivity index (χ2n) is 9.00. The molecule has 1 saturated heterocycles. The first-order valence-corrected chi connectivity index (χ1v) is 12.4. The standard InChI is InChI=1S/C26H26ClN7O4/c1-38-20-11-17(27)8-9-19(20)25(35)29-12-15-4-6-16(7-5-15)22-21-23(28)30-14-31-24(21)34(32-22)18-3-2-10-33(13-18)26(36)37/h4-9,11,14,18H,2-3,10,12-13H2,1H3,(H,29,35)(H,36,37)(H2,28,30,31)/t18-/m1/s1. The van der Waals surface area contributed by atoms with Crippen LogP contribution in [0.1, 0.15) is 34.8 Å². The van der Waals surface area contributed by atoms with Crippen molar-refractivity contribution >= 4 is 40.5 Å². The van der Waals surface area contributed by atoms with Crippen LogP contribution in [0.25, 0.3) is 22.3 Å². The number of hydrogen-bond acceptors (Lipinski definition) is 7. The quantitative estimate of drug-likeness (QED) is 0.335. The zero-order chi connectivity index (χ0) is 26.8. The first-order chi connectivity index (χ1) is 18.4. The first kappa shape index (κ1) is 25.3. The zero-order valence-corrected chi connectivity index (χ0v) is 21.4. The summed E-state index contributed by atoms with van der Waals surface area (Å²) in [5, 5.41) is 18.3. The highest BCUT2D eigenvalue weighted by molar-refractivity contribution is 6.30. The average molecular weight is 536 g/mol. The second-order valence-corrected chi connectivity index (χ2v) is 9.44. The van der Waals surface area contributed by atoms with Gasteiger partial charge < -0.3 is 25.8 Å². The summed E-state index contributed by atoms with van der Waals surface area (Å²) in [7, 11) is 1.49. The van der Waals surface area contributed by atoms with Crippen LogP contribution in [-0.2, 0) is 6.54 Å². The largest absolute Gasteiger partial charge is 0.496 e. The Morgan fingerprint density at radius 2 is 2.00 bits per heavy atom. The third-order valence-electron chi connectivity index (χ3n) is 6.62. The molecular formula is C26H26ClN7O4. The van der Waals surface area contributed by atoms with E-state index in [9.17, 15) is 14.7 Å². The molecule has 0 spiro atoms. The molecule has 0 saturated carbocycles. The number of nitrogens with one attached hydrogen (secondary N) is 1. The van der Waals surface area contributed by atoms with Gasteiger partial charge in [-0.15, -0.1) is 0 Å². The molecule has 38 heavy (non-hydrogen) atoms. The maximum Gasteiger partial charge on any atom is 0.407 e. The van der Waals surface area contributed by atoms with Crippen LogP contribution in [0.5, 0.6) is 5.75 Å². The number of likely N-dealkylation sites (tertiary alicyclic amines) is 1. The van der Waals surface area contributed by atoms with Gasteiger partial charge in [0, 0.05) is 30.2 Å². The van der Waals surface area contributed by atoms with E-state index in [0.717, 1.165) is 24.0 Å². The lowest BCUT2D eigenvalue weighted by Crippen LogP contribution is -2.40. The van der Waals surface area contributed by atoms with E-state index < -0.39 is 6.09 Å². The van der Waals surface area contributed by atoms with Crippen LogP contribution in [0.15, 0.2) is 48.8 Å². The van der Waals surface area contributed by atoms with Crippen LogP contribution in [0, 0.1) is 0 Å². The van der Waals surface area contributed by atoms with E-state index in [0.29, 0.717) is 58.5 Å². The molecule has 5 rings (SSSR count). The molecule has 0 bridgehead atoms. The maximum atomic E-state index is 12.7. The molecule has 3 heterocycles. The highest BCUT2D eigenvalue weighted by atomic mass is 35.5. The minimum Gasteiger partial charge on any atom is -0.496 e. The highest BCUT2D eigenvalue weighted by Gasteiger charge is 2.28. The van der Waals surface area contributed by atoms with Crippen LogP contribution in [-0.4, -0.2) is 62.0 Å². The number of amides is 2. The van der Waals surface area contributed by atoms with Crippen molar-refractivity contribution in [2.75, 3.05) is 25.9 Å². The molecule has 0 unspecified atom stereocenters. The highest BCUT2D eigenvalue weighted by Crippen LogP contribution is 2.34. The predicted molar refractivity (Wildman–Crippen MR) is 142 cm³/mol. The molecule has 2 amide bonds. The number of nitrogen functional groups attached to an aromatic ring is 1. The number of carboxylic acid groups (broad SMARTS) is 1. The summed E-state index contributed by atoms with van der Waals surface area (Å²) >= 11 is 5.99. The van der Waals surface area contributed by atoms with Crippen LogP contribution in [0.4, 0.5) is 10.6 Å². The summed E-state index contributed by atoms with van der Waals surface area (Å²) < 4.78 is 7.04. The number of methoxy groups -OCH3 is 1. The molecule has 0 aliphatic carbocycles. The SMILES string of the molecule is COc1cc(Cl)ccc1C(=O)NCc1ccc(-c2nn([C@@H]3CCCN(C(=O)O)C3)c3ncnc(N)c23)cc1. The van der Waals surface area contributed by atoms with Crippen molar-refractivity contribution in [2.45, 2.75) is 25.4 Å². The summed E-state index contributed by atoms with van der Waals surface area (Å²) in [5.74, 6) is 0.424. The van der Waals surface area contributed by atoms with Crippen molar-refractivity contribution in [2.24, 2.45) is 0 Å². The molecule has 1 aliphatic rings. The smallest absolute Gasteiger partial charge is 0.407 e. The van der Waals surface area contributed by atoms with Crippen molar-refractivity contribution in [1.82, 2.24) is 30.0 Å². The van der Waals surface area contributed by atoms with Gasteiger partial charge in [-0.1, -0.05) is 35.9 Å². The molecule has 12 heteroatoms. The third-order valence-corrected chi connectivity index (χ3v) is 6.85. The van der Waals surface area contributed by atoms with E-state index in [2.05, 4.69) is 15.3 Å². The Kier molecular flexibility index (Phi) is 7.01.